The molecule has 3 aromatic rings. The molecule has 8 heteroatoms. The standard InChI is InChI=1S/C23H22F2N2O4/c1-4-13-17(12(3)27-23(29)30)11-18(24)19(20(13)25)21(28)15-7-6-8-16-14(15)9-10-26-22(16)31-5-2/h6-12,27H,4-5H2,1-3H3,(H,29,30). The highest BCUT2D eigenvalue weighted by Gasteiger charge is 2.27. The van der Waals surface area contributed by atoms with Crippen LogP contribution in [0.25, 0.3) is 10.8 Å². The van der Waals surface area contributed by atoms with Crippen molar-refractivity contribution in [1.82, 2.24) is 10.3 Å². The van der Waals surface area contributed by atoms with Gasteiger partial charge in [0.2, 0.25) is 5.88 Å². The molecule has 0 aliphatic rings. The number of nitrogens with zero attached hydrogens (tertiary/aromatic N) is 1. The summed E-state index contributed by atoms with van der Waals surface area (Å²) < 4.78 is 35.8. The van der Waals surface area contributed by atoms with Crippen LogP contribution in [0.5, 0.6) is 5.88 Å². The fourth-order valence-corrected chi connectivity index (χ4v) is 3.66. The Kier molecular flexibility index (Phi) is 6.48. The van der Waals surface area contributed by atoms with Gasteiger partial charge in [0.05, 0.1) is 18.2 Å². The molecule has 0 saturated carbocycles. The number of carboxylic acid groups (broad SMARTS) is 1. The van der Waals surface area contributed by atoms with E-state index in [0.29, 0.717) is 23.3 Å². The van der Waals surface area contributed by atoms with Crippen LogP contribution in [0, 0.1) is 11.6 Å². The molecule has 0 aliphatic carbocycles. The van der Waals surface area contributed by atoms with Gasteiger partial charge in [-0.15, -0.1) is 0 Å². The summed E-state index contributed by atoms with van der Waals surface area (Å²) in [7, 11) is 0. The number of carbonyl (C=O) groups is 2. The molecule has 0 radical (unpaired) electrons. The van der Waals surface area contributed by atoms with Gasteiger partial charge in [-0.05, 0) is 55.0 Å². The minimum atomic E-state index is -1.31. The average Bonchev–Trinajstić information content (AvgIpc) is 2.72. The fourth-order valence-electron chi connectivity index (χ4n) is 3.66. The molecule has 1 atom stereocenters. The van der Waals surface area contributed by atoms with E-state index in [-0.39, 0.29) is 23.1 Å². The lowest BCUT2D eigenvalue weighted by Gasteiger charge is -2.19. The summed E-state index contributed by atoms with van der Waals surface area (Å²) in [5.41, 5.74) is -0.323. The van der Waals surface area contributed by atoms with E-state index in [4.69, 9.17) is 9.84 Å². The van der Waals surface area contributed by atoms with E-state index in [2.05, 4.69) is 10.3 Å². The highest BCUT2D eigenvalue weighted by atomic mass is 19.1. The molecule has 2 N–H and O–H groups in total. The van der Waals surface area contributed by atoms with Crippen molar-refractivity contribution in [3.63, 3.8) is 0 Å². The fraction of sp³-hybridized carbons (Fsp3) is 0.261. The maximum atomic E-state index is 15.4. The molecular weight excluding hydrogens is 406 g/mol. The summed E-state index contributed by atoms with van der Waals surface area (Å²) in [6.07, 6.45) is 0.308. The maximum absolute atomic E-state index is 15.4. The molecule has 0 saturated heterocycles. The highest BCUT2D eigenvalue weighted by molar-refractivity contribution is 6.17. The highest BCUT2D eigenvalue weighted by Crippen LogP contribution is 2.31. The number of carbonyl (C=O) groups excluding carboxylic acids is 1. The Morgan fingerprint density at radius 2 is 1.94 bits per heavy atom. The van der Waals surface area contributed by atoms with Crippen molar-refractivity contribution in [2.24, 2.45) is 0 Å². The second kappa shape index (κ2) is 9.07. The van der Waals surface area contributed by atoms with Gasteiger partial charge < -0.3 is 15.2 Å². The number of halogens is 2. The predicted molar refractivity (Wildman–Crippen MR) is 112 cm³/mol. The van der Waals surface area contributed by atoms with Gasteiger partial charge in [-0.25, -0.2) is 18.6 Å². The minimum Gasteiger partial charge on any atom is -0.478 e. The molecule has 0 bridgehead atoms. The van der Waals surface area contributed by atoms with E-state index in [9.17, 15) is 14.0 Å². The molecule has 1 unspecified atom stereocenters. The summed E-state index contributed by atoms with van der Waals surface area (Å²) in [4.78, 5) is 28.3. The van der Waals surface area contributed by atoms with E-state index >= 15 is 4.39 Å². The molecule has 6 nitrogen and oxygen atoms in total. The van der Waals surface area contributed by atoms with Crippen LogP contribution in [-0.4, -0.2) is 28.6 Å². The Morgan fingerprint density at radius 3 is 2.58 bits per heavy atom. The summed E-state index contributed by atoms with van der Waals surface area (Å²) in [5.74, 6) is -2.52. The zero-order valence-corrected chi connectivity index (χ0v) is 17.3. The Bertz CT molecular complexity index is 1160. The quantitative estimate of drug-likeness (QED) is 0.515. The first-order valence-corrected chi connectivity index (χ1v) is 9.85. The molecular formula is C23H22F2N2O4. The summed E-state index contributed by atoms with van der Waals surface area (Å²) in [5, 5.41) is 12.1. The molecule has 0 fully saturated rings. The summed E-state index contributed by atoms with van der Waals surface area (Å²) in [6.45, 7) is 5.31. The minimum absolute atomic E-state index is 0.0860. The van der Waals surface area contributed by atoms with Crippen molar-refractivity contribution in [3.8, 4) is 5.88 Å². The Morgan fingerprint density at radius 1 is 1.19 bits per heavy atom. The van der Waals surface area contributed by atoms with Crippen molar-refractivity contribution in [1.29, 1.82) is 0 Å². The number of hydrogen-bond donors (Lipinski definition) is 2. The zero-order chi connectivity index (χ0) is 22.7. The Hall–Kier alpha value is -3.55. The lowest BCUT2D eigenvalue weighted by Crippen LogP contribution is -2.26. The largest absolute Gasteiger partial charge is 0.478 e. The van der Waals surface area contributed by atoms with Crippen molar-refractivity contribution < 1.29 is 28.2 Å². The van der Waals surface area contributed by atoms with Gasteiger partial charge in [0.25, 0.3) is 0 Å². The van der Waals surface area contributed by atoms with Crippen molar-refractivity contribution in [3.05, 3.63) is 70.4 Å². The van der Waals surface area contributed by atoms with Gasteiger partial charge in [-0.2, -0.15) is 0 Å². The Labute approximate surface area is 177 Å². The third kappa shape index (κ3) is 4.19. The van der Waals surface area contributed by atoms with E-state index < -0.39 is 35.1 Å². The maximum Gasteiger partial charge on any atom is 0.405 e. The number of ketones is 1. The summed E-state index contributed by atoms with van der Waals surface area (Å²) >= 11 is 0. The number of amides is 1. The van der Waals surface area contributed by atoms with E-state index in [1.807, 2.05) is 0 Å². The van der Waals surface area contributed by atoms with Crippen LogP contribution < -0.4 is 10.1 Å². The monoisotopic (exact) mass is 428 g/mol. The van der Waals surface area contributed by atoms with Crippen LogP contribution in [0.4, 0.5) is 13.6 Å². The number of ether oxygens (including phenoxy) is 1. The molecule has 1 amide bonds. The number of pyridine rings is 1. The lowest BCUT2D eigenvalue weighted by atomic mass is 9.91. The lowest BCUT2D eigenvalue weighted by molar-refractivity contribution is 0.103. The second-order valence-electron chi connectivity index (χ2n) is 6.92. The molecule has 162 valence electrons. The zero-order valence-electron chi connectivity index (χ0n) is 17.3. The molecule has 1 heterocycles. The molecule has 2 aromatic carbocycles. The van der Waals surface area contributed by atoms with Gasteiger partial charge in [0.1, 0.15) is 11.6 Å². The van der Waals surface area contributed by atoms with Crippen molar-refractivity contribution >= 4 is 22.6 Å². The molecule has 0 aliphatic heterocycles. The van der Waals surface area contributed by atoms with Crippen LogP contribution in [-0.2, 0) is 6.42 Å². The number of hydrogen-bond acceptors (Lipinski definition) is 4. The van der Waals surface area contributed by atoms with Gasteiger partial charge in [-0.1, -0.05) is 19.1 Å². The van der Waals surface area contributed by atoms with Gasteiger partial charge in [0, 0.05) is 17.1 Å². The number of aromatic nitrogens is 1. The Balaban J connectivity index is 2.17. The predicted octanol–water partition coefficient (Wildman–Crippen LogP) is 5.03. The average molecular weight is 428 g/mol. The van der Waals surface area contributed by atoms with E-state index in [0.717, 1.165) is 6.07 Å². The normalized spacial score (nSPS) is 11.9. The molecule has 1 aromatic heterocycles. The molecule has 3 rings (SSSR count). The van der Waals surface area contributed by atoms with Crippen LogP contribution in [0.15, 0.2) is 36.5 Å². The molecule has 0 spiro atoms. The third-order valence-electron chi connectivity index (χ3n) is 5.04. The van der Waals surface area contributed by atoms with Crippen LogP contribution in [0.2, 0.25) is 0 Å². The smallest absolute Gasteiger partial charge is 0.405 e. The van der Waals surface area contributed by atoms with Crippen molar-refractivity contribution in [2.45, 2.75) is 33.2 Å². The first-order valence-electron chi connectivity index (χ1n) is 9.85. The number of rotatable bonds is 7. The third-order valence-corrected chi connectivity index (χ3v) is 5.04. The molecule has 31 heavy (non-hydrogen) atoms. The number of benzene rings is 2. The first-order chi connectivity index (χ1) is 14.8. The van der Waals surface area contributed by atoms with E-state index in [1.165, 1.54) is 19.2 Å². The van der Waals surface area contributed by atoms with Crippen molar-refractivity contribution in [2.75, 3.05) is 6.61 Å². The van der Waals surface area contributed by atoms with Gasteiger partial charge >= 0.3 is 6.09 Å². The van der Waals surface area contributed by atoms with E-state index in [1.54, 1.807) is 32.0 Å². The van der Waals surface area contributed by atoms with Gasteiger partial charge in [-0.3, -0.25) is 4.79 Å². The number of fused-ring (bicyclic) bond motifs is 1. The van der Waals surface area contributed by atoms with Crippen LogP contribution in [0.1, 0.15) is 53.9 Å². The summed E-state index contributed by atoms with van der Waals surface area (Å²) in [6, 6.07) is 6.58. The first kappa shape index (κ1) is 22.1. The van der Waals surface area contributed by atoms with Crippen LogP contribution >= 0.6 is 0 Å². The van der Waals surface area contributed by atoms with Gasteiger partial charge in [0.15, 0.2) is 5.78 Å². The second-order valence-corrected chi connectivity index (χ2v) is 6.92. The topological polar surface area (TPSA) is 88.5 Å². The SMILES string of the molecule is CCOc1nccc2c(C(=O)c3c(F)cc(C(C)NC(=O)O)c(CC)c3F)cccc12. The number of nitrogens with one attached hydrogen (secondary N) is 1. The van der Waals surface area contributed by atoms with Crippen LogP contribution in [0.3, 0.4) is 0 Å².